The van der Waals surface area contributed by atoms with Gasteiger partial charge in [0, 0.05) is 25.3 Å². The van der Waals surface area contributed by atoms with Crippen molar-refractivity contribution in [2.75, 3.05) is 20.3 Å². The van der Waals surface area contributed by atoms with Crippen LogP contribution in [0.15, 0.2) is 24.3 Å². The van der Waals surface area contributed by atoms with Crippen LogP contribution in [0.1, 0.15) is 53.0 Å². The minimum Gasteiger partial charge on any atom is -0.497 e. The predicted molar refractivity (Wildman–Crippen MR) is 118 cm³/mol. The maximum atomic E-state index is 13.6. The van der Waals surface area contributed by atoms with Gasteiger partial charge in [-0.05, 0) is 57.2 Å². The molecule has 30 heavy (non-hydrogen) atoms. The van der Waals surface area contributed by atoms with Gasteiger partial charge in [0.2, 0.25) is 5.91 Å². The lowest BCUT2D eigenvalue weighted by Gasteiger charge is -2.51. The van der Waals surface area contributed by atoms with E-state index in [4.69, 9.17) is 15.2 Å². The van der Waals surface area contributed by atoms with Crippen LogP contribution in [0.3, 0.4) is 0 Å². The topological polar surface area (TPSA) is 97.1 Å². The first-order valence-corrected chi connectivity index (χ1v) is 10.7. The van der Waals surface area contributed by atoms with Crippen LogP contribution in [0.25, 0.3) is 0 Å². The number of rotatable bonds is 8. The molecule has 0 aromatic heterocycles. The average molecular weight is 422 g/mol. The van der Waals surface area contributed by atoms with Crippen LogP contribution >= 0.6 is 0 Å². The number of carbonyl (C=O) groups excluding carboxylic acids is 1. The third-order valence-corrected chi connectivity index (χ3v) is 5.74. The summed E-state index contributed by atoms with van der Waals surface area (Å²) in [5.41, 5.74) is 6.13. The Hall–Kier alpha value is -1.67. The van der Waals surface area contributed by atoms with Gasteiger partial charge in [-0.1, -0.05) is 26.0 Å². The SMILES string of the molecule is COc1ccc(CN(C(=O)C(N)C(C)C)C2([C@@H](O)NC(C)(C)C)CCOCC2)cc1. The summed E-state index contributed by atoms with van der Waals surface area (Å²) in [6.07, 6.45) is 0.149. The average Bonchev–Trinajstić information content (AvgIpc) is 2.70. The molecule has 170 valence electrons. The van der Waals surface area contributed by atoms with E-state index < -0.39 is 17.8 Å². The first-order valence-electron chi connectivity index (χ1n) is 10.7. The summed E-state index contributed by atoms with van der Waals surface area (Å²) in [5, 5.41) is 14.6. The van der Waals surface area contributed by atoms with Crippen molar-refractivity contribution in [2.45, 2.75) is 77.4 Å². The summed E-state index contributed by atoms with van der Waals surface area (Å²) >= 11 is 0. The number of nitrogens with zero attached hydrogens (tertiary/aromatic N) is 1. The molecular weight excluding hydrogens is 382 g/mol. The van der Waals surface area contributed by atoms with Crippen molar-refractivity contribution in [3.8, 4) is 5.75 Å². The lowest BCUT2D eigenvalue weighted by Crippen LogP contribution is -2.68. The van der Waals surface area contributed by atoms with Crippen LogP contribution in [-0.4, -0.2) is 59.6 Å². The first kappa shape index (κ1) is 24.6. The van der Waals surface area contributed by atoms with Crippen LogP contribution in [0.5, 0.6) is 5.75 Å². The zero-order valence-corrected chi connectivity index (χ0v) is 19.3. The molecule has 1 heterocycles. The second kappa shape index (κ2) is 10.1. The number of hydrogen-bond donors (Lipinski definition) is 3. The molecule has 1 aliphatic rings. The molecule has 2 rings (SSSR count). The minimum atomic E-state index is -0.914. The molecule has 1 saturated heterocycles. The molecule has 0 aliphatic carbocycles. The number of nitrogens with one attached hydrogen (secondary N) is 1. The Morgan fingerprint density at radius 2 is 1.83 bits per heavy atom. The van der Waals surface area contributed by atoms with Crippen molar-refractivity contribution in [1.29, 1.82) is 0 Å². The molecule has 1 aliphatic heterocycles. The van der Waals surface area contributed by atoms with Gasteiger partial charge in [0.05, 0.1) is 18.7 Å². The van der Waals surface area contributed by atoms with E-state index in [-0.39, 0.29) is 17.4 Å². The summed E-state index contributed by atoms with van der Waals surface area (Å²) < 4.78 is 10.9. The largest absolute Gasteiger partial charge is 0.497 e. The molecule has 0 saturated carbocycles. The van der Waals surface area contributed by atoms with Crippen molar-refractivity contribution < 1.29 is 19.4 Å². The van der Waals surface area contributed by atoms with E-state index >= 15 is 0 Å². The molecule has 1 unspecified atom stereocenters. The number of aliphatic hydroxyl groups excluding tert-OH is 1. The standard InChI is InChI=1S/C23H39N3O4/c1-16(2)19(24)20(27)26(15-17-7-9-18(29-6)10-8-17)23(11-13-30-14-12-23)21(28)25-22(3,4)5/h7-10,16,19,21,25,28H,11-15,24H2,1-6H3/t19?,21-/m1/s1. The quantitative estimate of drug-likeness (QED) is 0.557. The molecule has 1 aromatic rings. The number of hydrogen-bond acceptors (Lipinski definition) is 6. The van der Waals surface area contributed by atoms with Crippen molar-refractivity contribution >= 4 is 5.91 Å². The number of benzene rings is 1. The van der Waals surface area contributed by atoms with Crippen LogP contribution in [-0.2, 0) is 16.1 Å². The number of carbonyl (C=O) groups is 1. The monoisotopic (exact) mass is 421 g/mol. The number of ether oxygens (including phenoxy) is 2. The second-order valence-electron chi connectivity index (χ2n) is 9.56. The number of amides is 1. The molecule has 1 aromatic carbocycles. The van der Waals surface area contributed by atoms with Gasteiger partial charge < -0.3 is 25.2 Å². The molecule has 7 nitrogen and oxygen atoms in total. The van der Waals surface area contributed by atoms with E-state index in [1.165, 1.54) is 0 Å². The minimum absolute atomic E-state index is 0.0134. The summed E-state index contributed by atoms with van der Waals surface area (Å²) in [6, 6.07) is 6.99. The van der Waals surface area contributed by atoms with Crippen molar-refractivity contribution in [3.05, 3.63) is 29.8 Å². The van der Waals surface area contributed by atoms with E-state index in [0.717, 1.165) is 11.3 Å². The number of methoxy groups -OCH3 is 1. The number of aliphatic hydroxyl groups is 1. The van der Waals surface area contributed by atoms with Gasteiger partial charge in [-0.25, -0.2) is 0 Å². The summed E-state index contributed by atoms with van der Waals surface area (Å²) in [4.78, 5) is 15.4. The summed E-state index contributed by atoms with van der Waals surface area (Å²) in [7, 11) is 1.62. The van der Waals surface area contributed by atoms with Gasteiger partial charge in [0.15, 0.2) is 0 Å². The highest BCUT2D eigenvalue weighted by molar-refractivity contribution is 5.82. The Morgan fingerprint density at radius 1 is 1.27 bits per heavy atom. The zero-order chi connectivity index (χ0) is 22.5. The fraction of sp³-hybridized carbons (Fsp3) is 0.696. The summed E-state index contributed by atoms with van der Waals surface area (Å²) in [5.74, 6) is 0.587. The molecular formula is C23H39N3O4. The Balaban J connectivity index is 2.46. The lowest BCUT2D eigenvalue weighted by atomic mass is 9.83. The Bertz CT molecular complexity index is 679. The third-order valence-electron chi connectivity index (χ3n) is 5.74. The van der Waals surface area contributed by atoms with E-state index in [0.29, 0.717) is 32.6 Å². The molecule has 4 N–H and O–H groups in total. The smallest absolute Gasteiger partial charge is 0.240 e. The normalized spacial score (nSPS) is 18.7. The zero-order valence-electron chi connectivity index (χ0n) is 19.3. The van der Waals surface area contributed by atoms with E-state index in [2.05, 4.69) is 5.32 Å². The van der Waals surface area contributed by atoms with Crippen molar-refractivity contribution in [3.63, 3.8) is 0 Å². The molecule has 2 atom stereocenters. The third kappa shape index (κ3) is 5.94. The molecule has 0 bridgehead atoms. The number of nitrogens with two attached hydrogens (primary N) is 1. The molecule has 0 radical (unpaired) electrons. The van der Waals surface area contributed by atoms with E-state index in [1.54, 1.807) is 12.0 Å². The van der Waals surface area contributed by atoms with Gasteiger partial charge in [0.1, 0.15) is 12.0 Å². The molecule has 1 amide bonds. The highest BCUT2D eigenvalue weighted by Gasteiger charge is 2.48. The maximum absolute atomic E-state index is 13.6. The van der Waals surface area contributed by atoms with Gasteiger partial charge in [-0.3, -0.25) is 10.1 Å². The van der Waals surface area contributed by atoms with Crippen molar-refractivity contribution in [2.24, 2.45) is 11.7 Å². The Morgan fingerprint density at radius 3 is 2.30 bits per heavy atom. The van der Waals surface area contributed by atoms with Gasteiger partial charge >= 0.3 is 0 Å². The highest BCUT2D eigenvalue weighted by atomic mass is 16.5. The Labute approximate surface area is 180 Å². The maximum Gasteiger partial charge on any atom is 0.240 e. The van der Waals surface area contributed by atoms with Crippen LogP contribution in [0, 0.1) is 5.92 Å². The van der Waals surface area contributed by atoms with E-state index in [9.17, 15) is 9.90 Å². The molecule has 7 heteroatoms. The van der Waals surface area contributed by atoms with Crippen LogP contribution < -0.4 is 15.8 Å². The highest BCUT2D eigenvalue weighted by Crippen LogP contribution is 2.34. The predicted octanol–water partition coefficient (Wildman–Crippen LogP) is 2.26. The molecule has 1 fully saturated rings. The second-order valence-corrected chi connectivity index (χ2v) is 9.56. The molecule has 0 spiro atoms. The summed E-state index contributed by atoms with van der Waals surface area (Å²) in [6.45, 7) is 11.2. The van der Waals surface area contributed by atoms with Crippen LogP contribution in [0.2, 0.25) is 0 Å². The van der Waals surface area contributed by atoms with Gasteiger partial charge in [0.25, 0.3) is 0 Å². The Kier molecular flexibility index (Phi) is 8.27. The first-order chi connectivity index (χ1) is 14.0. The van der Waals surface area contributed by atoms with E-state index in [1.807, 2.05) is 58.9 Å². The fourth-order valence-corrected chi connectivity index (χ4v) is 3.79. The fourth-order valence-electron chi connectivity index (χ4n) is 3.79. The van der Waals surface area contributed by atoms with Gasteiger partial charge in [-0.2, -0.15) is 0 Å². The van der Waals surface area contributed by atoms with Gasteiger partial charge in [-0.15, -0.1) is 0 Å². The van der Waals surface area contributed by atoms with Crippen molar-refractivity contribution in [1.82, 2.24) is 10.2 Å². The lowest BCUT2D eigenvalue weighted by molar-refractivity contribution is -0.161. The van der Waals surface area contributed by atoms with Crippen LogP contribution in [0.4, 0.5) is 0 Å².